The van der Waals surface area contributed by atoms with Crippen molar-refractivity contribution in [3.63, 3.8) is 0 Å². The van der Waals surface area contributed by atoms with Crippen molar-refractivity contribution in [1.82, 2.24) is 0 Å². The maximum Gasteiger partial charge on any atom is 0.136 e. The van der Waals surface area contributed by atoms with Gasteiger partial charge in [-0.25, -0.2) is 0 Å². The average Bonchev–Trinajstić information content (AvgIpc) is 3.87. The van der Waals surface area contributed by atoms with E-state index in [-0.39, 0.29) is 5.41 Å². The molecule has 0 saturated carbocycles. The van der Waals surface area contributed by atoms with Crippen LogP contribution in [0.3, 0.4) is 0 Å². The first-order valence-corrected chi connectivity index (χ1v) is 19.7. The Bertz CT molecular complexity index is 3150. The van der Waals surface area contributed by atoms with Gasteiger partial charge in [-0.3, -0.25) is 0 Å². The minimum absolute atomic E-state index is 0.0199. The summed E-state index contributed by atoms with van der Waals surface area (Å²) < 4.78 is 6.69. The van der Waals surface area contributed by atoms with Crippen molar-refractivity contribution in [1.29, 1.82) is 0 Å². The zero-order chi connectivity index (χ0) is 37.5. The molecule has 1 aliphatic rings. The predicted molar refractivity (Wildman–Crippen MR) is 238 cm³/mol. The van der Waals surface area contributed by atoms with Crippen LogP contribution in [0.4, 0.5) is 0 Å². The first-order valence-electron chi connectivity index (χ1n) is 19.7. The Morgan fingerprint density at radius 2 is 1.04 bits per heavy atom. The minimum atomic E-state index is 0.0199. The molecule has 9 aromatic carbocycles. The first-order chi connectivity index (χ1) is 27.4. The van der Waals surface area contributed by atoms with Gasteiger partial charge in [0.2, 0.25) is 0 Å². The van der Waals surface area contributed by atoms with Gasteiger partial charge in [0, 0.05) is 10.9 Å². The maximum absolute atomic E-state index is 6.69. The number of para-hydroxylation sites is 1. The number of furan rings is 1. The fourth-order valence-corrected chi connectivity index (χ4v) is 9.16. The van der Waals surface area contributed by atoms with Crippen LogP contribution in [0.25, 0.3) is 99.6 Å². The minimum Gasteiger partial charge on any atom is -0.456 e. The van der Waals surface area contributed by atoms with E-state index in [2.05, 4.69) is 197 Å². The van der Waals surface area contributed by atoms with Crippen LogP contribution in [0.5, 0.6) is 0 Å². The van der Waals surface area contributed by atoms with Crippen molar-refractivity contribution < 1.29 is 4.42 Å². The number of allylic oxidation sites excluding steroid dienone is 1. The van der Waals surface area contributed by atoms with E-state index in [1.54, 1.807) is 0 Å². The first kappa shape index (κ1) is 32.7. The van der Waals surface area contributed by atoms with Gasteiger partial charge in [-0.1, -0.05) is 166 Å². The summed E-state index contributed by atoms with van der Waals surface area (Å²) in [6.45, 7) is 6.88. The molecule has 0 amide bonds. The van der Waals surface area contributed by atoms with Gasteiger partial charge in [-0.2, -0.15) is 0 Å². The van der Waals surface area contributed by atoms with Gasteiger partial charge in [0.15, 0.2) is 0 Å². The summed E-state index contributed by atoms with van der Waals surface area (Å²) >= 11 is 0. The van der Waals surface area contributed by atoms with E-state index >= 15 is 0 Å². The Morgan fingerprint density at radius 3 is 1.77 bits per heavy atom. The van der Waals surface area contributed by atoms with Crippen molar-refractivity contribution in [2.75, 3.05) is 0 Å². The molecule has 1 heterocycles. The molecule has 10 aromatic rings. The zero-order valence-electron chi connectivity index (χ0n) is 31.9. The predicted octanol–water partition coefficient (Wildman–Crippen LogP) is 15.4. The van der Waals surface area contributed by atoms with E-state index in [9.17, 15) is 0 Å². The van der Waals surface area contributed by atoms with Crippen LogP contribution in [0.2, 0.25) is 0 Å². The van der Waals surface area contributed by atoms with Crippen molar-refractivity contribution in [3.05, 3.63) is 192 Å². The second kappa shape index (κ2) is 12.4. The molecule has 0 saturated heterocycles. The van der Waals surface area contributed by atoms with Crippen LogP contribution in [-0.2, 0) is 11.8 Å². The molecule has 0 radical (unpaired) electrons. The third-order valence-electron chi connectivity index (χ3n) is 12.0. The average molecular weight is 717 g/mol. The van der Waals surface area contributed by atoms with E-state index < -0.39 is 0 Å². The van der Waals surface area contributed by atoms with Gasteiger partial charge >= 0.3 is 0 Å². The number of benzene rings is 9. The van der Waals surface area contributed by atoms with Crippen molar-refractivity contribution in [2.24, 2.45) is 0 Å². The van der Waals surface area contributed by atoms with Crippen LogP contribution in [0, 0.1) is 0 Å². The van der Waals surface area contributed by atoms with Crippen molar-refractivity contribution in [3.8, 4) is 44.7 Å². The highest BCUT2D eigenvalue weighted by molar-refractivity contribution is 6.31. The fourth-order valence-electron chi connectivity index (χ4n) is 9.16. The molecule has 0 bridgehead atoms. The Morgan fingerprint density at radius 1 is 0.446 bits per heavy atom. The molecule has 0 spiro atoms. The fraction of sp³-hybridized carbons (Fsp3) is 0.0909. The largest absolute Gasteiger partial charge is 0.456 e. The molecule has 1 aromatic heterocycles. The summed E-state index contributed by atoms with van der Waals surface area (Å²) in [5, 5.41) is 8.72. The lowest BCUT2D eigenvalue weighted by atomic mass is 9.81. The van der Waals surface area contributed by atoms with Gasteiger partial charge in [0.05, 0.1) is 0 Å². The van der Waals surface area contributed by atoms with E-state index in [0.717, 1.165) is 28.7 Å². The molecule has 1 nitrogen and oxygen atoms in total. The monoisotopic (exact) mass is 716 g/mol. The molecule has 1 heteroatoms. The quantitative estimate of drug-likeness (QED) is 0.162. The summed E-state index contributed by atoms with van der Waals surface area (Å²) in [7, 11) is 0. The van der Waals surface area contributed by atoms with Crippen LogP contribution in [-0.4, -0.2) is 0 Å². The molecule has 1 aliphatic carbocycles. The lowest BCUT2D eigenvalue weighted by Crippen LogP contribution is -2.10. The van der Waals surface area contributed by atoms with E-state index in [1.165, 1.54) is 93.5 Å². The smallest absolute Gasteiger partial charge is 0.136 e. The van der Waals surface area contributed by atoms with Crippen LogP contribution in [0.1, 0.15) is 43.0 Å². The lowest BCUT2D eigenvalue weighted by molar-refractivity contribution is 0.590. The SMILES string of the molecule is CC(C)(C)c1cccc(-c2cc(-c3cc4ccccc4o3)c3ccc4c(-c5cccc(-c6ccccc6)c5)cc(C5=Cc6ccccc6C5)c5ccc2c3c54)c1. The Balaban J connectivity index is 1.26. The van der Waals surface area contributed by atoms with Gasteiger partial charge in [0.1, 0.15) is 11.3 Å². The normalized spacial score (nSPS) is 12.9. The number of hydrogen-bond acceptors (Lipinski definition) is 1. The highest BCUT2D eigenvalue weighted by Crippen LogP contribution is 2.49. The number of hydrogen-bond donors (Lipinski definition) is 0. The van der Waals surface area contributed by atoms with E-state index in [1.807, 2.05) is 0 Å². The Labute approximate surface area is 327 Å². The van der Waals surface area contributed by atoms with Crippen LogP contribution >= 0.6 is 0 Å². The molecular formula is C55H40O. The maximum atomic E-state index is 6.69. The molecule has 0 unspecified atom stereocenters. The van der Waals surface area contributed by atoms with Crippen molar-refractivity contribution >= 4 is 54.9 Å². The molecule has 0 aliphatic heterocycles. The van der Waals surface area contributed by atoms with E-state index in [0.29, 0.717) is 0 Å². The molecular weight excluding hydrogens is 677 g/mol. The topological polar surface area (TPSA) is 13.1 Å². The second-order valence-electron chi connectivity index (χ2n) is 16.5. The van der Waals surface area contributed by atoms with Crippen LogP contribution < -0.4 is 0 Å². The highest BCUT2D eigenvalue weighted by Gasteiger charge is 2.25. The third kappa shape index (κ3) is 5.23. The molecule has 266 valence electrons. The van der Waals surface area contributed by atoms with Gasteiger partial charge < -0.3 is 4.42 Å². The molecule has 11 rings (SSSR count). The molecule has 0 N–H and O–H groups in total. The summed E-state index contributed by atoms with van der Waals surface area (Å²) in [6.07, 6.45) is 3.33. The zero-order valence-corrected chi connectivity index (χ0v) is 31.9. The summed E-state index contributed by atoms with van der Waals surface area (Å²) in [4.78, 5) is 0. The van der Waals surface area contributed by atoms with Gasteiger partial charge in [0.25, 0.3) is 0 Å². The Kier molecular flexibility index (Phi) is 7.25. The summed E-state index contributed by atoms with van der Waals surface area (Å²) in [5.74, 6) is 0.891. The highest BCUT2D eigenvalue weighted by atomic mass is 16.3. The second-order valence-corrected chi connectivity index (χ2v) is 16.5. The molecule has 0 atom stereocenters. The lowest BCUT2D eigenvalue weighted by Gasteiger charge is -2.23. The van der Waals surface area contributed by atoms with E-state index in [4.69, 9.17) is 4.42 Å². The Hall–Kier alpha value is -6.70. The number of rotatable bonds is 5. The summed E-state index contributed by atoms with van der Waals surface area (Å²) in [5.41, 5.74) is 16.1. The molecule has 0 fully saturated rings. The third-order valence-corrected chi connectivity index (χ3v) is 12.0. The summed E-state index contributed by atoms with van der Waals surface area (Å²) in [6, 6.07) is 62.7. The molecule has 56 heavy (non-hydrogen) atoms. The van der Waals surface area contributed by atoms with Gasteiger partial charge in [-0.15, -0.1) is 0 Å². The van der Waals surface area contributed by atoms with Gasteiger partial charge in [-0.05, 0) is 136 Å². The van der Waals surface area contributed by atoms with Crippen molar-refractivity contribution in [2.45, 2.75) is 32.6 Å². The van der Waals surface area contributed by atoms with Crippen LogP contribution in [0.15, 0.2) is 174 Å². The number of fused-ring (bicyclic) bond motifs is 2. The standard InChI is InChI=1S/C55H40O/c1-55(2,3)42-21-12-20-39(30-42)48-33-50(52-31-40-17-9-10-22-51(40)56-52)46-26-25-43-47(38-19-11-18-35(27-38)34-13-5-4-6-14-34)32-49(45-24-23-44(48)54(46)53(43)45)41-28-36-15-7-8-16-37(36)29-41/h4-28,30-33H,29H2,1-3H3.